The molecular weight excluding hydrogens is 434 g/mol. The van der Waals surface area contributed by atoms with Crippen molar-refractivity contribution < 1.29 is 14.3 Å². The molecule has 2 aromatic carbocycles. The van der Waals surface area contributed by atoms with Gasteiger partial charge in [-0.1, -0.05) is 28.1 Å². The smallest absolute Gasteiger partial charge is 0.419 e. The summed E-state index contributed by atoms with van der Waals surface area (Å²) >= 11 is 3.50. The minimum Gasteiger partial charge on any atom is -0.494 e. The van der Waals surface area contributed by atoms with E-state index in [0.717, 1.165) is 32.2 Å². The molecule has 0 N–H and O–H groups in total. The van der Waals surface area contributed by atoms with E-state index in [-0.39, 0.29) is 0 Å². The summed E-state index contributed by atoms with van der Waals surface area (Å²) < 4.78 is 15.6. The lowest BCUT2D eigenvalue weighted by Gasteiger charge is -2.21. The topological polar surface area (TPSA) is 58.3 Å². The fourth-order valence-electron chi connectivity index (χ4n) is 3.47. The van der Waals surface area contributed by atoms with Gasteiger partial charge in [0.25, 0.3) is 0 Å². The van der Waals surface area contributed by atoms with Gasteiger partial charge in [0.2, 0.25) is 0 Å². The van der Waals surface area contributed by atoms with Crippen LogP contribution in [-0.4, -0.2) is 32.9 Å². The molecule has 4 aromatic rings. The highest BCUT2D eigenvalue weighted by atomic mass is 79.9. The molecule has 2 heterocycles. The van der Waals surface area contributed by atoms with Crippen molar-refractivity contribution in [1.82, 2.24) is 14.1 Å². The third kappa shape index (κ3) is 3.40. The molecule has 0 fully saturated rings. The normalized spacial score (nSPS) is 11.9. The van der Waals surface area contributed by atoms with Crippen LogP contribution in [0.3, 0.4) is 0 Å². The second-order valence-electron chi connectivity index (χ2n) is 7.87. The van der Waals surface area contributed by atoms with Crippen molar-refractivity contribution in [3.05, 3.63) is 46.9 Å². The summed E-state index contributed by atoms with van der Waals surface area (Å²) in [6, 6.07) is 13.5. The predicted molar refractivity (Wildman–Crippen MR) is 118 cm³/mol. The number of methoxy groups -OCH3 is 1. The van der Waals surface area contributed by atoms with Gasteiger partial charge in [-0.25, -0.2) is 14.3 Å². The maximum atomic E-state index is 13.2. The maximum Gasteiger partial charge on any atom is 0.419 e. The fraction of sp³-hybridized carbons (Fsp3) is 0.273. The number of imidazole rings is 1. The number of benzene rings is 2. The van der Waals surface area contributed by atoms with Gasteiger partial charge < -0.3 is 14.0 Å². The molecule has 0 unspecified atom stereocenters. The first-order valence-corrected chi connectivity index (χ1v) is 10.0. The number of aryl methyl sites for hydroxylation is 1. The molecule has 4 rings (SSSR count). The first-order valence-electron chi connectivity index (χ1n) is 9.24. The van der Waals surface area contributed by atoms with E-state index in [1.165, 1.54) is 0 Å². The summed E-state index contributed by atoms with van der Waals surface area (Å²) in [5, 5.41) is 0.924. The Kier molecular flexibility index (Phi) is 4.65. The molecule has 6 nitrogen and oxygen atoms in total. The molecule has 0 radical (unpaired) electrons. The van der Waals surface area contributed by atoms with E-state index in [9.17, 15) is 4.79 Å². The van der Waals surface area contributed by atoms with Crippen molar-refractivity contribution in [2.24, 2.45) is 7.05 Å². The van der Waals surface area contributed by atoms with Gasteiger partial charge in [-0.2, -0.15) is 0 Å². The lowest BCUT2D eigenvalue weighted by Crippen LogP contribution is -2.27. The van der Waals surface area contributed by atoms with Crippen LogP contribution in [-0.2, 0) is 11.8 Å². The Balaban J connectivity index is 2.02. The lowest BCUT2D eigenvalue weighted by molar-refractivity contribution is 0.0547. The average Bonchev–Trinajstić information content (AvgIpc) is 3.17. The van der Waals surface area contributed by atoms with Gasteiger partial charge in [0.1, 0.15) is 16.9 Å². The molecule has 0 aliphatic rings. The molecule has 0 bridgehead atoms. The largest absolute Gasteiger partial charge is 0.494 e. The molecule has 7 heteroatoms. The summed E-state index contributed by atoms with van der Waals surface area (Å²) in [6.07, 6.45) is -0.445. The Morgan fingerprint density at radius 3 is 2.59 bits per heavy atom. The first kappa shape index (κ1) is 19.5. The molecular formula is C22H22BrN3O3. The van der Waals surface area contributed by atoms with Crippen LogP contribution in [0.1, 0.15) is 20.8 Å². The minimum absolute atomic E-state index is 0.445. The number of rotatable bonds is 2. The summed E-state index contributed by atoms with van der Waals surface area (Å²) in [6.45, 7) is 5.56. The van der Waals surface area contributed by atoms with Crippen molar-refractivity contribution in [2.75, 3.05) is 7.11 Å². The monoisotopic (exact) mass is 455 g/mol. The summed E-state index contributed by atoms with van der Waals surface area (Å²) in [7, 11) is 3.55. The van der Waals surface area contributed by atoms with E-state index >= 15 is 0 Å². The first-order chi connectivity index (χ1) is 13.7. The molecule has 0 atom stereocenters. The number of aromatic nitrogens is 3. The number of carbonyl (C=O) groups is 1. The van der Waals surface area contributed by atoms with E-state index in [4.69, 9.17) is 14.5 Å². The Hall–Kier alpha value is -2.80. The average molecular weight is 456 g/mol. The van der Waals surface area contributed by atoms with Crippen molar-refractivity contribution in [1.29, 1.82) is 0 Å². The summed E-state index contributed by atoms with van der Waals surface area (Å²) in [5.41, 5.74) is 2.46. The van der Waals surface area contributed by atoms with Crippen molar-refractivity contribution in [3.8, 4) is 17.3 Å². The van der Waals surface area contributed by atoms with Crippen LogP contribution in [0.25, 0.3) is 33.5 Å². The van der Waals surface area contributed by atoms with Crippen molar-refractivity contribution in [2.45, 2.75) is 26.4 Å². The SMILES string of the molecule is COc1cccc2nc(-c3cc4ccc(Br)cc4n3C(=O)OC(C)(C)C)n(C)c12. The maximum absolute atomic E-state index is 13.2. The molecule has 0 saturated heterocycles. The van der Waals surface area contributed by atoms with Gasteiger partial charge in [0, 0.05) is 16.9 Å². The number of hydrogen-bond donors (Lipinski definition) is 0. The van der Waals surface area contributed by atoms with E-state index in [0.29, 0.717) is 11.5 Å². The number of carbonyl (C=O) groups excluding carboxylic acids is 1. The molecule has 2 aromatic heterocycles. The number of fused-ring (bicyclic) bond motifs is 2. The van der Waals surface area contributed by atoms with Crippen LogP contribution >= 0.6 is 15.9 Å². The molecule has 29 heavy (non-hydrogen) atoms. The van der Waals surface area contributed by atoms with Gasteiger partial charge in [-0.05, 0) is 51.1 Å². The number of hydrogen-bond acceptors (Lipinski definition) is 4. The van der Waals surface area contributed by atoms with Gasteiger partial charge in [-0.3, -0.25) is 0 Å². The lowest BCUT2D eigenvalue weighted by atomic mass is 10.2. The van der Waals surface area contributed by atoms with Gasteiger partial charge in [0.05, 0.1) is 23.8 Å². The summed E-state index contributed by atoms with van der Waals surface area (Å²) in [4.78, 5) is 17.9. The zero-order valence-electron chi connectivity index (χ0n) is 17.0. The number of para-hydroxylation sites is 1. The van der Waals surface area contributed by atoms with Gasteiger partial charge >= 0.3 is 6.09 Å². The summed E-state index contributed by atoms with van der Waals surface area (Å²) in [5.74, 6) is 1.38. The highest BCUT2D eigenvalue weighted by Gasteiger charge is 2.25. The van der Waals surface area contributed by atoms with E-state index < -0.39 is 11.7 Å². The van der Waals surface area contributed by atoms with Crippen molar-refractivity contribution >= 4 is 44.0 Å². The number of nitrogens with zero attached hydrogens (tertiary/aromatic N) is 3. The Labute approximate surface area is 177 Å². The number of ether oxygens (including phenoxy) is 2. The van der Waals surface area contributed by atoms with Crippen LogP contribution < -0.4 is 4.74 Å². The Morgan fingerprint density at radius 2 is 1.90 bits per heavy atom. The fourth-order valence-corrected chi connectivity index (χ4v) is 3.82. The van der Waals surface area contributed by atoms with Crippen LogP contribution in [0.4, 0.5) is 4.79 Å². The van der Waals surface area contributed by atoms with Gasteiger partial charge in [0.15, 0.2) is 5.82 Å². The van der Waals surface area contributed by atoms with E-state index in [1.54, 1.807) is 11.7 Å². The third-order valence-electron chi connectivity index (χ3n) is 4.65. The highest BCUT2D eigenvalue weighted by molar-refractivity contribution is 9.10. The molecule has 150 valence electrons. The zero-order valence-corrected chi connectivity index (χ0v) is 18.6. The van der Waals surface area contributed by atoms with E-state index in [1.807, 2.05) is 74.9 Å². The molecule has 0 saturated carbocycles. The minimum atomic E-state index is -0.619. The molecule has 0 aliphatic heterocycles. The van der Waals surface area contributed by atoms with E-state index in [2.05, 4.69) is 15.9 Å². The zero-order chi connectivity index (χ0) is 20.9. The molecule has 0 aliphatic carbocycles. The van der Waals surface area contributed by atoms with Crippen LogP contribution in [0, 0.1) is 0 Å². The molecule has 0 spiro atoms. The van der Waals surface area contributed by atoms with Crippen LogP contribution in [0.2, 0.25) is 0 Å². The standard InChI is InChI=1S/C22H22BrN3O3/c1-22(2,3)29-21(27)26-16-12-14(23)10-9-13(16)11-17(26)20-24-15-7-6-8-18(28-5)19(15)25(20)4/h6-12H,1-5H3. The number of halogens is 1. The predicted octanol–water partition coefficient (Wildman–Crippen LogP) is 5.75. The van der Waals surface area contributed by atoms with Gasteiger partial charge in [-0.15, -0.1) is 0 Å². The molecule has 0 amide bonds. The Bertz CT molecular complexity index is 1250. The van der Waals surface area contributed by atoms with Crippen LogP contribution in [0.5, 0.6) is 5.75 Å². The highest BCUT2D eigenvalue weighted by Crippen LogP contribution is 2.34. The quantitative estimate of drug-likeness (QED) is 0.386. The second-order valence-corrected chi connectivity index (χ2v) is 8.79. The third-order valence-corrected chi connectivity index (χ3v) is 5.14. The Morgan fingerprint density at radius 1 is 1.14 bits per heavy atom. The second kappa shape index (κ2) is 6.91. The van der Waals surface area contributed by atoms with Crippen molar-refractivity contribution in [3.63, 3.8) is 0 Å². The van der Waals surface area contributed by atoms with Crippen LogP contribution in [0.15, 0.2) is 46.9 Å².